The molecule has 1 fully saturated rings. The van der Waals surface area contributed by atoms with Crippen molar-refractivity contribution in [2.45, 2.75) is 39.4 Å². The molecule has 1 aliphatic rings. The predicted octanol–water partition coefficient (Wildman–Crippen LogP) is 4.59. The van der Waals surface area contributed by atoms with E-state index in [2.05, 4.69) is 11.9 Å². The summed E-state index contributed by atoms with van der Waals surface area (Å²) in [6, 6.07) is 16.0. The molecule has 0 aliphatic carbocycles. The molecule has 0 bridgehead atoms. The van der Waals surface area contributed by atoms with Crippen LogP contribution < -0.4 is 4.74 Å². The van der Waals surface area contributed by atoms with E-state index in [-0.39, 0.29) is 5.92 Å². The van der Waals surface area contributed by atoms with Crippen molar-refractivity contribution >= 4 is 5.97 Å². The molecule has 2 heterocycles. The number of hydrogen-bond acceptors (Lipinski definition) is 6. The first kappa shape index (κ1) is 23.0. The van der Waals surface area contributed by atoms with Crippen molar-refractivity contribution in [1.82, 2.24) is 4.98 Å². The summed E-state index contributed by atoms with van der Waals surface area (Å²) in [5.41, 5.74) is 4.18. The highest BCUT2D eigenvalue weighted by Gasteiger charge is 2.40. The van der Waals surface area contributed by atoms with Crippen molar-refractivity contribution in [1.29, 1.82) is 0 Å². The van der Waals surface area contributed by atoms with Crippen LogP contribution in [0.5, 0.6) is 5.75 Å². The molecule has 7 heteroatoms. The SMILES string of the molecule is Cc1ccc(-c2nc(CCOc3ccc(C[C@H]4CO[C@@](C)(C(=O)O)OC4)cc3)c(C)o2)cc1. The number of rotatable bonds is 8. The zero-order valence-corrected chi connectivity index (χ0v) is 19.2. The molecule has 0 atom stereocenters. The highest BCUT2D eigenvalue weighted by atomic mass is 16.7. The Labute approximate surface area is 193 Å². The Morgan fingerprint density at radius 2 is 1.76 bits per heavy atom. The van der Waals surface area contributed by atoms with Gasteiger partial charge in [-0.05, 0) is 50.1 Å². The topological polar surface area (TPSA) is 91.0 Å². The van der Waals surface area contributed by atoms with Gasteiger partial charge in [0.25, 0.3) is 5.79 Å². The van der Waals surface area contributed by atoms with Gasteiger partial charge in [0.15, 0.2) is 0 Å². The summed E-state index contributed by atoms with van der Waals surface area (Å²) in [6.07, 6.45) is 1.40. The molecule has 1 aliphatic heterocycles. The van der Waals surface area contributed by atoms with E-state index in [1.54, 1.807) is 0 Å². The standard InChI is InChI=1S/C26H29NO6/c1-17-4-8-21(9-5-17)24-27-23(18(2)33-24)12-13-30-22-10-6-19(7-11-22)14-20-15-31-26(3,25(28)29)32-16-20/h4-11,20H,12-16H2,1-3H3,(H,28,29)/t20-,26+. The molecule has 0 unspecified atom stereocenters. The number of aryl methyl sites for hydroxylation is 2. The Hall–Kier alpha value is -3.16. The molecule has 1 saturated heterocycles. The van der Waals surface area contributed by atoms with Crippen molar-refractivity contribution < 1.29 is 28.5 Å². The first-order valence-electron chi connectivity index (χ1n) is 11.1. The maximum Gasteiger partial charge on any atom is 0.364 e. The molecule has 2 aromatic carbocycles. The largest absolute Gasteiger partial charge is 0.493 e. The first-order valence-corrected chi connectivity index (χ1v) is 11.1. The van der Waals surface area contributed by atoms with Gasteiger partial charge in [0.05, 0.1) is 25.5 Å². The molecule has 1 aromatic heterocycles. The Morgan fingerprint density at radius 1 is 1.09 bits per heavy atom. The van der Waals surface area contributed by atoms with Gasteiger partial charge >= 0.3 is 5.97 Å². The van der Waals surface area contributed by atoms with Crippen molar-refractivity contribution in [2.75, 3.05) is 19.8 Å². The number of aliphatic carboxylic acids is 1. The van der Waals surface area contributed by atoms with Crippen LogP contribution in [-0.2, 0) is 27.1 Å². The summed E-state index contributed by atoms with van der Waals surface area (Å²) in [7, 11) is 0. The van der Waals surface area contributed by atoms with Gasteiger partial charge in [-0.2, -0.15) is 0 Å². The monoisotopic (exact) mass is 451 g/mol. The summed E-state index contributed by atoms with van der Waals surface area (Å²) in [4.78, 5) is 15.8. The zero-order valence-electron chi connectivity index (χ0n) is 19.2. The van der Waals surface area contributed by atoms with E-state index in [1.807, 2.05) is 55.5 Å². The number of aromatic nitrogens is 1. The molecule has 0 spiro atoms. The molecular formula is C26H29NO6. The van der Waals surface area contributed by atoms with Crippen LogP contribution in [0, 0.1) is 19.8 Å². The van der Waals surface area contributed by atoms with E-state index in [9.17, 15) is 4.79 Å². The Morgan fingerprint density at radius 3 is 2.39 bits per heavy atom. The zero-order chi connectivity index (χ0) is 23.4. The molecule has 0 radical (unpaired) electrons. The highest BCUT2D eigenvalue weighted by molar-refractivity contribution is 5.75. The Kier molecular flexibility index (Phi) is 6.81. The van der Waals surface area contributed by atoms with Crippen LogP contribution in [-0.4, -0.2) is 41.7 Å². The van der Waals surface area contributed by atoms with Crippen LogP contribution in [0.15, 0.2) is 52.9 Å². The summed E-state index contributed by atoms with van der Waals surface area (Å²) in [6.45, 7) is 6.60. The lowest BCUT2D eigenvalue weighted by Crippen LogP contribution is -2.48. The van der Waals surface area contributed by atoms with Gasteiger partial charge in [-0.25, -0.2) is 9.78 Å². The van der Waals surface area contributed by atoms with Gasteiger partial charge in [0, 0.05) is 24.8 Å². The second-order valence-corrected chi connectivity index (χ2v) is 8.57. The lowest BCUT2D eigenvalue weighted by Gasteiger charge is -2.34. The minimum absolute atomic E-state index is 0.113. The van der Waals surface area contributed by atoms with Gasteiger partial charge < -0.3 is 23.7 Å². The predicted molar refractivity (Wildman–Crippen MR) is 122 cm³/mol. The molecule has 0 saturated carbocycles. The van der Waals surface area contributed by atoms with Crippen LogP contribution in [0.2, 0.25) is 0 Å². The van der Waals surface area contributed by atoms with Crippen LogP contribution in [0.4, 0.5) is 0 Å². The molecular weight excluding hydrogens is 422 g/mol. The van der Waals surface area contributed by atoms with Gasteiger partial charge in [-0.1, -0.05) is 29.8 Å². The smallest absolute Gasteiger partial charge is 0.364 e. The summed E-state index contributed by atoms with van der Waals surface area (Å²) in [5.74, 6) is -0.311. The van der Waals surface area contributed by atoms with Gasteiger partial charge in [-0.15, -0.1) is 0 Å². The van der Waals surface area contributed by atoms with E-state index in [0.29, 0.717) is 32.1 Å². The molecule has 3 aromatic rings. The first-order chi connectivity index (χ1) is 15.8. The number of hydrogen-bond donors (Lipinski definition) is 1. The van der Waals surface area contributed by atoms with E-state index in [0.717, 1.165) is 34.8 Å². The van der Waals surface area contributed by atoms with Crippen LogP contribution in [0.3, 0.4) is 0 Å². The fourth-order valence-electron chi connectivity index (χ4n) is 3.69. The Balaban J connectivity index is 1.26. The normalized spacial score (nSPS) is 20.5. The van der Waals surface area contributed by atoms with Gasteiger partial charge in [0.1, 0.15) is 11.5 Å². The Bertz CT molecular complexity index is 1080. The fourth-order valence-corrected chi connectivity index (χ4v) is 3.69. The van der Waals surface area contributed by atoms with Crippen LogP contribution >= 0.6 is 0 Å². The number of ether oxygens (including phenoxy) is 3. The molecule has 4 rings (SSSR count). The minimum atomic E-state index is -1.54. The lowest BCUT2D eigenvalue weighted by molar-refractivity contribution is -0.270. The van der Waals surface area contributed by atoms with E-state index in [4.69, 9.17) is 23.7 Å². The number of nitrogens with zero attached hydrogens (tertiary/aromatic N) is 1. The minimum Gasteiger partial charge on any atom is -0.493 e. The highest BCUT2D eigenvalue weighted by Crippen LogP contribution is 2.25. The average Bonchev–Trinajstić information content (AvgIpc) is 3.17. The molecule has 174 valence electrons. The number of carboxylic acids is 1. The van der Waals surface area contributed by atoms with Crippen molar-refractivity contribution in [3.63, 3.8) is 0 Å². The van der Waals surface area contributed by atoms with E-state index < -0.39 is 11.8 Å². The number of oxazole rings is 1. The summed E-state index contributed by atoms with van der Waals surface area (Å²) in [5, 5.41) is 9.15. The third-order valence-corrected chi connectivity index (χ3v) is 5.82. The lowest BCUT2D eigenvalue weighted by atomic mass is 9.99. The summed E-state index contributed by atoms with van der Waals surface area (Å²) < 4.78 is 22.6. The van der Waals surface area contributed by atoms with Crippen LogP contribution in [0.1, 0.15) is 29.5 Å². The second-order valence-electron chi connectivity index (χ2n) is 8.57. The maximum atomic E-state index is 11.2. The van der Waals surface area contributed by atoms with Gasteiger partial charge in [-0.3, -0.25) is 0 Å². The third kappa shape index (κ3) is 5.61. The fraction of sp³-hybridized carbons (Fsp3) is 0.385. The molecule has 0 amide bonds. The van der Waals surface area contributed by atoms with Crippen molar-refractivity contribution in [2.24, 2.45) is 5.92 Å². The number of carboxylic acid groups (broad SMARTS) is 1. The van der Waals surface area contributed by atoms with E-state index >= 15 is 0 Å². The number of carbonyl (C=O) groups is 1. The molecule has 33 heavy (non-hydrogen) atoms. The second kappa shape index (κ2) is 9.77. The third-order valence-electron chi connectivity index (χ3n) is 5.82. The van der Waals surface area contributed by atoms with Gasteiger partial charge in [0.2, 0.25) is 5.89 Å². The maximum absolute atomic E-state index is 11.2. The van der Waals surface area contributed by atoms with Crippen molar-refractivity contribution in [3.05, 3.63) is 71.1 Å². The quantitative estimate of drug-likeness (QED) is 0.536. The van der Waals surface area contributed by atoms with Crippen LogP contribution in [0.25, 0.3) is 11.5 Å². The number of benzene rings is 2. The van der Waals surface area contributed by atoms with E-state index in [1.165, 1.54) is 12.5 Å². The average molecular weight is 452 g/mol. The molecule has 7 nitrogen and oxygen atoms in total. The van der Waals surface area contributed by atoms with Crippen molar-refractivity contribution in [3.8, 4) is 17.2 Å². The summed E-state index contributed by atoms with van der Waals surface area (Å²) >= 11 is 0. The molecule has 1 N–H and O–H groups in total.